The first kappa shape index (κ1) is 54.0. The molecule has 0 spiro atoms. The molecule has 83 heavy (non-hydrogen) atoms. The van der Waals surface area contributed by atoms with Gasteiger partial charge >= 0.3 is 446 Å². The number of aromatic nitrogens is 5. The van der Waals surface area contributed by atoms with Crippen LogP contribution in [0.4, 0.5) is 0 Å². The Bertz CT molecular complexity index is 4550. The number of ether oxygens (including phenoxy) is 1. The van der Waals surface area contributed by atoms with Crippen molar-refractivity contribution < 1.29 is 24.1 Å². The van der Waals surface area contributed by atoms with E-state index in [1.807, 2.05) is 6.20 Å². The van der Waals surface area contributed by atoms with Crippen molar-refractivity contribution >= 4 is 54.6 Å². The molecule has 7 heteroatoms. The fraction of sp³-hybridized carbons (Fsp3) is 0.211. The molecule has 0 aliphatic rings. The molecule has 6 nitrogen and oxygen atoms in total. The summed E-state index contributed by atoms with van der Waals surface area (Å²) in [6, 6.07) is 73.8. The molecule has 0 unspecified atom stereocenters. The van der Waals surface area contributed by atoms with Crippen LogP contribution in [0.2, 0.25) is 0 Å². The van der Waals surface area contributed by atoms with E-state index >= 15 is 0 Å². The molecule has 0 atom stereocenters. The molecule has 0 N–H and O–H groups in total. The van der Waals surface area contributed by atoms with Gasteiger partial charge in [-0.25, -0.2) is 0 Å². The van der Waals surface area contributed by atoms with Gasteiger partial charge in [-0.05, 0) is 17.0 Å². The number of imidazole rings is 1. The Morgan fingerprint density at radius 2 is 0.831 bits per heavy atom. The molecule has 0 aliphatic heterocycles. The minimum atomic E-state index is -0.0333. The van der Waals surface area contributed by atoms with E-state index in [1.54, 1.807) is 0 Å². The van der Waals surface area contributed by atoms with Crippen LogP contribution in [0.25, 0.3) is 99.8 Å². The molecule has 0 fully saturated rings. The molecule has 0 radical (unpaired) electrons. The third kappa shape index (κ3) is 9.22. The van der Waals surface area contributed by atoms with Crippen LogP contribution in [-0.2, 0) is 24.8 Å². The van der Waals surface area contributed by atoms with Gasteiger partial charge in [0.05, 0.1) is 0 Å². The normalized spacial score (nSPS) is 12.3. The van der Waals surface area contributed by atoms with Gasteiger partial charge in [0.2, 0.25) is 0 Å². The monoisotopic (exact) mass is 1260 g/mol. The molecule has 13 aromatic rings. The molecule has 0 saturated carbocycles. The molecule has 0 saturated heterocycles. The SMILES string of the molecule is CC(C)c1cccc(C(C)C)c1-c1cc(-n2c3ccccc3c3ccccc32)cc(-c2c(C(C)C)cccc2C(C)C)c1-n1[c](=[Pt])n(-c2cccc(Oc3ccc4c5ccccc5n(-c5cc(C(C)(C)C)ccn5)c4c3)c2)c2ccccc21. The van der Waals surface area contributed by atoms with Crippen molar-refractivity contribution in [1.29, 1.82) is 0 Å². The standard InChI is InChI=1S/C76H71N5O.Pt/c1-47(2)56-28-21-29-57(48(3)4)73(56)64-43-53(80-66-32-15-12-25-60(66)61-26-13-16-33-67(61)80)44-65(74-58(49(5)6)30-22-31-59(74)50(7)8)75(64)79-46-78(69-35-18-19-36-70(69)79)52-23-20-24-54(42-52)82-55-37-38-63-62-27-14-17-34-68(62)81(71(63)45-55)72-41-51(39-40-77-72)76(9,10)11;/h12-45,47-50H,1-11H3;. The molecule has 13 rings (SSSR count). The second kappa shape index (κ2) is 21.1. The first-order valence-electron chi connectivity index (χ1n) is 29.5. The first-order valence-corrected chi connectivity index (χ1v) is 30.6. The summed E-state index contributed by atoms with van der Waals surface area (Å²) in [6.07, 6.45) is 1.93. The number of hydrogen-bond acceptors (Lipinski definition) is 2. The van der Waals surface area contributed by atoms with Gasteiger partial charge in [-0.2, -0.15) is 0 Å². The predicted octanol–water partition coefficient (Wildman–Crippen LogP) is 21.0. The summed E-state index contributed by atoms with van der Waals surface area (Å²) in [7, 11) is 0. The van der Waals surface area contributed by atoms with Crippen molar-refractivity contribution in [3.63, 3.8) is 0 Å². The fourth-order valence-electron chi connectivity index (χ4n) is 13.0. The third-order valence-electron chi connectivity index (χ3n) is 16.9. The van der Waals surface area contributed by atoms with Crippen molar-refractivity contribution in [3.05, 3.63) is 238 Å². The zero-order valence-corrected chi connectivity index (χ0v) is 51.7. The molecule has 4 heterocycles. The number of para-hydroxylation sites is 5. The van der Waals surface area contributed by atoms with E-state index in [2.05, 4.69) is 314 Å². The van der Waals surface area contributed by atoms with Crippen molar-refractivity contribution in [1.82, 2.24) is 23.3 Å². The van der Waals surface area contributed by atoms with Crippen LogP contribution in [0.15, 0.2) is 206 Å². The molecule has 416 valence electrons. The van der Waals surface area contributed by atoms with Crippen LogP contribution in [-0.4, -0.2) is 23.3 Å². The molecular weight excluding hydrogens is 1190 g/mol. The van der Waals surface area contributed by atoms with Crippen molar-refractivity contribution in [3.8, 4) is 56.6 Å². The van der Waals surface area contributed by atoms with E-state index in [0.29, 0.717) is 0 Å². The van der Waals surface area contributed by atoms with Crippen molar-refractivity contribution in [2.24, 2.45) is 0 Å². The Labute approximate surface area is 498 Å². The molecule has 4 aromatic heterocycles. The number of hydrogen-bond donors (Lipinski definition) is 0. The second-order valence-corrected chi connectivity index (χ2v) is 25.7. The summed E-state index contributed by atoms with van der Waals surface area (Å²) in [6.45, 7) is 25.6. The number of benzene rings is 9. The Morgan fingerprint density at radius 3 is 1.34 bits per heavy atom. The van der Waals surface area contributed by atoms with E-state index in [-0.39, 0.29) is 29.1 Å². The van der Waals surface area contributed by atoms with Crippen molar-refractivity contribution in [2.45, 2.75) is 105 Å². The van der Waals surface area contributed by atoms with Gasteiger partial charge in [0.1, 0.15) is 0 Å². The van der Waals surface area contributed by atoms with Gasteiger partial charge in [0.15, 0.2) is 0 Å². The maximum atomic E-state index is 7.00. The van der Waals surface area contributed by atoms with Gasteiger partial charge < -0.3 is 0 Å². The summed E-state index contributed by atoms with van der Waals surface area (Å²) in [5, 5.41) is 4.81. The number of rotatable bonds is 12. The van der Waals surface area contributed by atoms with Gasteiger partial charge in [0.25, 0.3) is 0 Å². The van der Waals surface area contributed by atoms with E-state index in [1.165, 1.54) is 77.3 Å². The maximum absolute atomic E-state index is 7.00. The Balaban J connectivity index is 1.08. The van der Waals surface area contributed by atoms with Gasteiger partial charge in [0, 0.05) is 6.20 Å². The third-order valence-corrected chi connectivity index (χ3v) is 18.0. The molecule has 0 amide bonds. The molecule has 9 aromatic carbocycles. The number of fused-ring (bicyclic) bond motifs is 7. The Morgan fingerprint density at radius 1 is 0.386 bits per heavy atom. The quantitative estimate of drug-likeness (QED) is 0.122. The van der Waals surface area contributed by atoms with Crippen LogP contribution < -0.4 is 4.74 Å². The van der Waals surface area contributed by atoms with E-state index in [9.17, 15) is 0 Å². The minimum absolute atomic E-state index is 0.0333. The van der Waals surface area contributed by atoms with Crippen LogP contribution in [0.1, 0.15) is 128 Å². The number of pyridine rings is 1. The van der Waals surface area contributed by atoms with Gasteiger partial charge in [-0.15, -0.1) is 0 Å². The Hall–Kier alpha value is -8.31. The van der Waals surface area contributed by atoms with Crippen molar-refractivity contribution in [2.75, 3.05) is 0 Å². The number of nitrogens with zero attached hydrogens (tertiary/aromatic N) is 5. The van der Waals surface area contributed by atoms with Crippen LogP contribution in [0.5, 0.6) is 11.5 Å². The second-order valence-electron chi connectivity index (χ2n) is 24.7. The topological polar surface area (TPSA) is 41.8 Å². The van der Waals surface area contributed by atoms with Gasteiger partial charge in [-0.3, -0.25) is 0 Å². The molecule has 0 bridgehead atoms. The fourth-order valence-corrected chi connectivity index (χ4v) is 14.0. The zero-order chi connectivity index (χ0) is 57.6. The van der Waals surface area contributed by atoms with Crippen LogP contribution in [0.3, 0.4) is 0 Å². The van der Waals surface area contributed by atoms with E-state index in [4.69, 9.17) is 9.72 Å². The summed E-state index contributed by atoms with van der Waals surface area (Å²) in [5.41, 5.74) is 21.6. The predicted molar refractivity (Wildman–Crippen MR) is 345 cm³/mol. The summed E-state index contributed by atoms with van der Waals surface area (Å²) < 4.78 is 17.8. The van der Waals surface area contributed by atoms with Crippen LogP contribution in [0, 0.1) is 3.80 Å². The van der Waals surface area contributed by atoms with Crippen LogP contribution >= 0.6 is 0 Å². The summed E-state index contributed by atoms with van der Waals surface area (Å²) >= 11 is 2.62. The molecular formula is C76H71N5OPt. The van der Waals surface area contributed by atoms with E-state index < -0.39 is 0 Å². The van der Waals surface area contributed by atoms with E-state index in [0.717, 1.165) is 65.6 Å². The first-order chi connectivity index (χ1) is 40.1. The summed E-state index contributed by atoms with van der Waals surface area (Å²) in [5.74, 6) is 3.38. The zero-order valence-electron chi connectivity index (χ0n) is 49.4. The average molecular weight is 1270 g/mol. The summed E-state index contributed by atoms with van der Waals surface area (Å²) in [4.78, 5) is 4.96. The van der Waals surface area contributed by atoms with Gasteiger partial charge in [-0.1, -0.05) is 32.9 Å². The average Bonchev–Trinajstić information content (AvgIpc) is 3.25. The Kier molecular flexibility index (Phi) is 13.7. The molecule has 0 aliphatic carbocycles.